The number of hydrogen-bond acceptors (Lipinski definition) is 3. The first-order valence-corrected chi connectivity index (χ1v) is 11.1. The topological polar surface area (TPSA) is 30.5 Å². The lowest BCUT2D eigenvalue weighted by molar-refractivity contribution is -0.156. The van der Waals surface area contributed by atoms with E-state index in [1.54, 1.807) is 0 Å². The molecule has 0 amide bonds. The summed E-state index contributed by atoms with van der Waals surface area (Å²) in [5.74, 6) is 0.290. The smallest absolute Gasteiger partial charge is 0.162 e. The van der Waals surface area contributed by atoms with Crippen molar-refractivity contribution in [2.24, 2.45) is 5.92 Å². The summed E-state index contributed by atoms with van der Waals surface area (Å²) in [6.45, 7) is 3.28. The van der Waals surface area contributed by atoms with E-state index in [-0.39, 0.29) is 12.1 Å². The fraction of sp³-hybridized carbons (Fsp3) is 0.333. The van der Waals surface area contributed by atoms with Crippen molar-refractivity contribution >= 4 is 0 Å². The lowest BCUT2D eigenvalue weighted by Gasteiger charge is -2.26. The van der Waals surface area contributed by atoms with E-state index in [4.69, 9.17) is 9.47 Å². The molecule has 2 unspecified atom stereocenters. The maximum absolute atomic E-state index is 13.4. The number of halogens is 1. The van der Waals surface area contributed by atoms with Crippen molar-refractivity contribution in [1.29, 1.82) is 0 Å². The Labute approximate surface area is 184 Å². The Morgan fingerprint density at radius 2 is 1.68 bits per heavy atom. The average molecular weight is 420 g/mol. The van der Waals surface area contributed by atoms with E-state index in [1.807, 2.05) is 42.5 Å². The fourth-order valence-corrected chi connectivity index (χ4v) is 4.03. The third-order valence-electron chi connectivity index (χ3n) is 5.75. The van der Waals surface area contributed by atoms with Gasteiger partial charge in [0.25, 0.3) is 0 Å². The molecule has 1 fully saturated rings. The van der Waals surface area contributed by atoms with Gasteiger partial charge in [0.05, 0.1) is 13.2 Å². The van der Waals surface area contributed by atoms with Crippen LogP contribution in [-0.2, 0) is 22.5 Å². The Hall–Kier alpha value is -2.53. The van der Waals surface area contributed by atoms with Gasteiger partial charge in [-0.15, -0.1) is 0 Å². The SMILES string of the molecule is Fc1ccc(-c2ccccc2CC(OCc2ccccc2)OCC2CCCNC2)cc1. The van der Waals surface area contributed by atoms with Crippen LogP contribution in [0.1, 0.15) is 24.0 Å². The van der Waals surface area contributed by atoms with E-state index in [9.17, 15) is 4.39 Å². The monoisotopic (exact) mass is 419 g/mol. The van der Waals surface area contributed by atoms with Crippen molar-refractivity contribution in [1.82, 2.24) is 5.32 Å². The molecule has 1 aliphatic heterocycles. The molecule has 1 N–H and O–H groups in total. The second-order valence-corrected chi connectivity index (χ2v) is 8.14. The Bertz CT molecular complexity index is 923. The second-order valence-electron chi connectivity index (χ2n) is 8.14. The molecule has 1 saturated heterocycles. The minimum atomic E-state index is -0.344. The van der Waals surface area contributed by atoms with Crippen LogP contribution >= 0.6 is 0 Å². The standard InChI is InChI=1S/C27H30FNO2/c28-25-14-12-23(13-15-25)26-11-5-4-10-24(26)17-27(30-19-21-7-2-1-3-8-21)31-20-22-9-6-16-29-18-22/h1-5,7-8,10-15,22,27,29H,6,9,16-20H2. The van der Waals surface area contributed by atoms with Crippen LogP contribution in [0.5, 0.6) is 0 Å². The van der Waals surface area contributed by atoms with Crippen LogP contribution < -0.4 is 5.32 Å². The van der Waals surface area contributed by atoms with Gasteiger partial charge >= 0.3 is 0 Å². The maximum atomic E-state index is 13.4. The molecule has 0 saturated carbocycles. The molecule has 0 radical (unpaired) electrons. The van der Waals surface area contributed by atoms with Gasteiger partial charge in [-0.05, 0) is 59.7 Å². The van der Waals surface area contributed by atoms with Gasteiger partial charge in [0.2, 0.25) is 0 Å². The molecule has 0 aliphatic carbocycles. The van der Waals surface area contributed by atoms with Crippen molar-refractivity contribution in [3.8, 4) is 11.1 Å². The second kappa shape index (κ2) is 11.2. The van der Waals surface area contributed by atoms with Gasteiger partial charge in [0.15, 0.2) is 6.29 Å². The van der Waals surface area contributed by atoms with Gasteiger partial charge in [-0.3, -0.25) is 0 Å². The zero-order chi connectivity index (χ0) is 21.3. The van der Waals surface area contributed by atoms with Crippen LogP contribution in [0.4, 0.5) is 4.39 Å². The van der Waals surface area contributed by atoms with Crippen LogP contribution in [0.3, 0.4) is 0 Å². The third kappa shape index (κ3) is 6.47. The van der Waals surface area contributed by atoms with Crippen LogP contribution in [0.2, 0.25) is 0 Å². The predicted molar refractivity (Wildman–Crippen MR) is 122 cm³/mol. The zero-order valence-electron chi connectivity index (χ0n) is 17.8. The number of rotatable bonds is 9. The van der Waals surface area contributed by atoms with Crippen LogP contribution in [0.25, 0.3) is 11.1 Å². The molecular formula is C27H30FNO2. The molecule has 4 rings (SSSR count). The minimum absolute atomic E-state index is 0.227. The van der Waals surface area contributed by atoms with Crippen LogP contribution in [0.15, 0.2) is 78.9 Å². The molecular weight excluding hydrogens is 389 g/mol. The normalized spacial score (nSPS) is 17.4. The Morgan fingerprint density at radius 1 is 0.903 bits per heavy atom. The number of hydrogen-bond donors (Lipinski definition) is 1. The molecule has 3 aromatic carbocycles. The molecule has 2 atom stereocenters. The molecule has 1 heterocycles. The van der Waals surface area contributed by atoms with Gasteiger partial charge in [0.1, 0.15) is 5.82 Å². The van der Waals surface area contributed by atoms with Gasteiger partial charge in [0, 0.05) is 13.0 Å². The average Bonchev–Trinajstić information content (AvgIpc) is 2.83. The summed E-state index contributed by atoms with van der Waals surface area (Å²) in [6.07, 6.45) is 2.67. The molecule has 1 aliphatic rings. The molecule has 4 heteroatoms. The fourth-order valence-electron chi connectivity index (χ4n) is 4.03. The summed E-state index contributed by atoms with van der Waals surface area (Å²) in [4.78, 5) is 0. The first kappa shape index (κ1) is 21.7. The van der Waals surface area contributed by atoms with E-state index in [0.29, 0.717) is 25.6 Å². The lowest BCUT2D eigenvalue weighted by Crippen LogP contribution is -2.34. The van der Waals surface area contributed by atoms with Crippen molar-refractivity contribution in [3.05, 3.63) is 95.8 Å². The highest BCUT2D eigenvalue weighted by Gasteiger charge is 2.19. The zero-order valence-corrected chi connectivity index (χ0v) is 17.8. The van der Waals surface area contributed by atoms with E-state index >= 15 is 0 Å². The molecule has 0 bridgehead atoms. The summed E-state index contributed by atoms with van der Waals surface area (Å²) in [6, 6.07) is 25.0. The summed E-state index contributed by atoms with van der Waals surface area (Å²) < 4.78 is 25.9. The number of benzene rings is 3. The lowest BCUT2D eigenvalue weighted by atomic mass is 9.97. The van der Waals surface area contributed by atoms with Crippen molar-refractivity contribution < 1.29 is 13.9 Å². The number of ether oxygens (including phenoxy) is 2. The van der Waals surface area contributed by atoms with Crippen LogP contribution in [0, 0.1) is 11.7 Å². The summed E-state index contributed by atoms with van der Waals surface area (Å²) in [7, 11) is 0. The number of piperidine rings is 1. The molecule has 3 aromatic rings. The Balaban J connectivity index is 1.48. The molecule has 0 spiro atoms. The molecule has 0 aromatic heterocycles. The highest BCUT2D eigenvalue weighted by Crippen LogP contribution is 2.26. The molecule has 31 heavy (non-hydrogen) atoms. The molecule has 3 nitrogen and oxygen atoms in total. The van der Waals surface area contributed by atoms with Gasteiger partial charge in [-0.25, -0.2) is 4.39 Å². The Morgan fingerprint density at radius 3 is 2.45 bits per heavy atom. The first-order valence-electron chi connectivity index (χ1n) is 11.1. The third-order valence-corrected chi connectivity index (χ3v) is 5.75. The Kier molecular flexibility index (Phi) is 7.83. The minimum Gasteiger partial charge on any atom is -0.352 e. The first-order chi connectivity index (χ1) is 15.3. The van der Waals surface area contributed by atoms with Crippen molar-refractivity contribution in [2.75, 3.05) is 19.7 Å². The van der Waals surface area contributed by atoms with Crippen LogP contribution in [-0.4, -0.2) is 26.0 Å². The van der Waals surface area contributed by atoms with Gasteiger partial charge in [-0.1, -0.05) is 66.7 Å². The van der Waals surface area contributed by atoms with E-state index in [0.717, 1.165) is 35.3 Å². The highest BCUT2D eigenvalue weighted by atomic mass is 19.1. The van der Waals surface area contributed by atoms with Gasteiger partial charge in [-0.2, -0.15) is 0 Å². The largest absolute Gasteiger partial charge is 0.352 e. The highest BCUT2D eigenvalue weighted by molar-refractivity contribution is 5.67. The van der Waals surface area contributed by atoms with E-state index in [1.165, 1.54) is 25.0 Å². The van der Waals surface area contributed by atoms with Crippen molar-refractivity contribution in [2.45, 2.75) is 32.2 Å². The summed E-state index contributed by atoms with van der Waals surface area (Å²) in [5, 5.41) is 3.45. The van der Waals surface area contributed by atoms with Crippen molar-refractivity contribution in [3.63, 3.8) is 0 Å². The van der Waals surface area contributed by atoms with Gasteiger partial charge < -0.3 is 14.8 Å². The summed E-state index contributed by atoms with van der Waals surface area (Å²) in [5.41, 5.74) is 4.34. The number of nitrogens with one attached hydrogen (secondary N) is 1. The maximum Gasteiger partial charge on any atom is 0.162 e. The summed E-state index contributed by atoms with van der Waals surface area (Å²) >= 11 is 0. The van der Waals surface area contributed by atoms with E-state index < -0.39 is 0 Å². The quantitative estimate of drug-likeness (QED) is 0.458. The molecule has 162 valence electrons. The van der Waals surface area contributed by atoms with E-state index in [2.05, 4.69) is 29.6 Å². The predicted octanol–water partition coefficient (Wildman–Crippen LogP) is 5.59.